The molecule has 1 aromatic heterocycles. The van der Waals surface area contributed by atoms with Crippen molar-refractivity contribution in [1.29, 1.82) is 0 Å². The minimum atomic E-state index is -3.10. The van der Waals surface area contributed by atoms with Gasteiger partial charge in [0, 0.05) is 19.9 Å². The molecule has 5 nitrogen and oxygen atoms in total. The number of carbonyl (C=O) groups excluding carboxylic acids is 1. The summed E-state index contributed by atoms with van der Waals surface area (Å²) in [5.41, 5.74) is 0.210. The summed E-state index contributed by atoms with van der Waals surface area (Å²) >= 11 is 0.655. The number of nitrogens with zero attached hydrogens (tertiary/aromatic N) is 1. The molecular formula is C20H25F3N2O3S. The largest absolute Gasteiger partial charge is 0.487 e. The summed E-state index contributed by atoms with van der Waals surface area (Å²) in [5.74, 6) is -3.77. The molecule has 1 heterocycles. The molecule has 3 rings (SSSR count). The molecule has 1 atom stereocenters. The van der Waals surface area contributed by atoms with E-state index in [0.717, 1.165) is 19.8 Å². The van der Waals surface area contributed by atoms with Crippen molar-refractivity contribution in [1.82, 2.24) is 10.3 Å². The molecular weight excluding hydrogens is 405 g/mol. The number of ether oxygens (including phenoxy) is 2. The number of carbonyl (C=O) groups is 1. The number of nitrogens with one attached hydrogen (secondary N) is 1. The number of fused-ring (bicyclic) bond motifs is 1. The van der Waals surface area contributed by atoms with Gasteiger partial charge in [-0.1, -0.05) is 0 Å². The van der Waals surface area contributed by atoms with Crippen molar-refractivity contribution in [2.24, 2.45) is 0 Å². The maximum atomic E-state index is 14.8. The van der Waals surface area contributed by atoms with Gasteiger partial charge in [-0.2, -0.15) is 8.78 Å². The van der Waals surface area contributed by atoms with Gasteiger partial charge in [-0.15, -0.1) is 11.3 Å². The predicted octanol–water partition coefficient (Wildman–Crippen LogP) is 4.78. The number of rotatable bonds is 7. The average molecular weight is 430 g/mol. The van der Waals surface area contributed by atoms with Crippen LogP contribution in [-0.2, 0) is 15.5 Å². The van der Waals surface area contributed by atoms with Crippen LogP contribution in [0.15, 0.2) is 12.1 Å². The van der Waals surface area contributed by atoms with Crippen LogP contribution in [0.3, 0.4) is 0 Å². The van der Waals surface area contributed by atoms with Crippen LogP contribution in [0.2, 0.25) is 0 Å². The molecule has 9 heteroatoms. The normalized spacial score (nSPS) is 21.2. The highest BCUT2D eigenvalue weighted by Crippen LogP contribution is 2.38. The minimum absolute atomic E-state index is 0.0536. The molecule has 2 aromatic rings. The topological polar surface area (TPSA) is 60.5 Å². The van der Waals surface area contributed by atoms with Crippen LogP contribution >= 0.6 is 11.3 Å². The number of aromatic nitrogens is 1. The van der Waals surface area contributed by atoms with Gasteiger partial charge in [0.25, 0.3) is 5.92 Å². The van der Waals surface area contributed by atoms with E-state index < -0.39 is 16.7 Å². The van der Waals surface area contributed by atoms with E-state index in [1.807, 2.05) is 6.92 Å². The van der Waals surface area contributed by atoms with Gasteiger partial charge in [0.05, 0.1) is 29.0 Å². The molecule has 0 bridgehead atoms. The smallest absolute Gasteiger partial charge is 0.296 e. The zero-order valence-corrected chi connectivity index (χ0v) is 17.5. The summed E-state index contributed by atoms with van der Waals surface area (Å²) in [5, 5.41) is 2.37. The van der Waals surface area contributed by atoms with Gasteiger partial charge >= 0.3 is 0 Å². The van der Waals surface area contributed by atoms with Crippen LogP contribution in [0, 0.1) is 5.82 Å². The lowest BCUT2D eigenvalue weighted by Crippen LogP contribution is -2.36. The molecule has 1 aromatic carbocycles. The lowest BCUT2D eigenvalue weighted by Gasteiger charge is -2.30. The number of alkyl halides is 2. The lowest BCUT2D eigenvalue weighted by atomic mass is 9.95. The highest BCUT2D eigenvalue weighted by molar-refractivity contribution is 7.18. The van der Waals surface area contributed by atoms with Gasteiger partial charge in [0.15, 0.2) is 16.6 Å². The SMILES string of the molecule is CC(=O)N[C@@H](C)CO[C@H]1CC[C@H](Oc2ccc3nc(C(C)(F)F)sc3c2F)CC1. The minimum Gasteiger partial charge on any atom is -0.487 e. The maximum Gasteiger partial charge on any atom is 0.296 e. The fourth-order valence-corrected chi connectivity index (χ4v) is 4.31. The van der Waals surface area contributed by atoms with Crippen molar-refractivity contribution in [3.8, 4) is 5.75 Å². The summed E-state index contributed by atoms with van der Waals surface area (Å²) in [7, 11) is 0. The molecule has 1 N–H and O–H groups in total. The summed E-state index contributed by atoms with van der Waals surface area (Å²) < 4.78 is 53.4. The molecule has 0 unspecified atom stereocenters. The Kier molecular flexibility index (Phi) is 6.68. The molecule has 1 fully saturated rings. The quantitative estimate of drug-likeness (QED) is 0.687. The first-order valence-corrected chi connectivity index (χ1v) is 10.5. The highest BCUT2D eigenvalue weighted by atomic mass is 32.1. The van der Waals surface area contributed by atoms with Gasteiger partial charge in [-0.3, -0.25) is 4.79 Å². The zero-order valence-electron chi connectivity index (χ0n) is 16.6. The second kappa shape index (κ2) is 8.87. The summed E-state index contributed by atoms with van der Waals surface area (Å²) in [4.78, 5) is 14.9. The zero-order chi connectivity index (χ0) is 21.2. The number of benzene rings is 1. The van der Waals surface area contributed by atoms with Crippen LogP contribution < -0.4 is 10.1 Å². The van der Waals surface area contributed by atoms with Crippen LogP contribution in [-0.4, -0.2) is 35.7 Å². The lowest BCUT2D eigenvalue weighted by molar-refractivity contribution is -0.120. The van der Waals surface area contributed by atoms with E-state index in [1.54, 1.807) is 0 Å². The van der Waals surface area contributed by atoms with Crippen LogP contribution in [0.5, 0.6) is 5.75 Å². The van der Waals surface area contributed by atoms with Crippen LogP contribution in [0.25, 0.3) is 10.2 Å². The van der Waals surface area contributed by atoms with Gasteiger partial charge in [0.2, 0.25) is 5.91 Å². The average Bonchev–Trinajstić information content (AvgIpc) is 3.08. The Hall–Kier alpha value is -1.87. The Morgan fingerprint density at radius 3 is 2.59 bits per heavy atom. The number of halogens is 3. The number of hydrogen-bond donors (Lipinski definition) is 1. The molecule has 0 spiro atoms. The van der Waals surface area contributed by atoms with Crippen molar-refractivity contribution >= 4 is 27.5 Å². The Labute approximate surface area is 171 Å². The van der Waals surface area contributed by atoms with Gasteiger partial charge < -0.3 is 14.8 Å². The molecule has 1 saturated carbocycles. The molecule has 1 aliphatic rings. The first-order chi connectivity index (χ1) is 13.6. The summed E-state index contributed by atoms with van der Waals surface area (Å²) in [6, 6.07) is 2.91. The van der Waals surface area contributed by atoms with Gasteiger partial charge in [0.1, 0.15) is 0 Å². The van der Waals surface area contributed by atoms with Gasteiger partial charge in [-0.25, -0.2) is 9.37 Å². The Bertz CT molecular complexity index is 861. The third kappa shape index (κ3) is 5.60. The van der Waals surface area contributed by atoms with Crippen molar-refractivity contribution in [2.75, 3.05) is 6.61 Å². The van der Waals surface area contributed by atoms with E-state index in [2.05, 4.69) is 10.3 Å². The molecule has 0 radical (unpaired) electrons. The molecule has 29 heavy (non-hydrogen) atoms. The number of hydrogen-bond acceptors (Lipinski definition) is 5. The third-order valence-electron chi connectivity index (χ3n) is 4.78. The summed E-state index contributed by atoms with van der Waals surface area (Å²) in [6.45, 7) is 4.54. The molecule has 0 saturated heterocycles. The molecule has 1 amide bonds. The fraction of sp³-hybridized carbons (Fsp3) is 0.600. The van der Waals surface area contributed by atoms with Crippen LogP contribution in [0.1, 0.15) is 51.5 Å². The molecule has 160 valence electrons. The number of thiazole rings is 1. The van der Waals surface area contributed by atoms with Crippen molar-refractivity contribution < 1.29 is 27.4 Å². The Balaban J connectivity index is 1.56. The highest BCUT2D eigenvalue weighted by Gasteiger charge is 2.30. The summed E-state index contributed by atoms with van der Waals surface area (Å²) in [6.07, 6.45) is 2.88. The monoisotopic (exact) mass is 430 g/mol. The molecule has 1 aliphatic carbocycles. The van der Waals surface area contributed by atoms with E-state index in [1.165, 1.54) is 19.1 Å². The van der Waals surface area contributed by atoms with Crippen molar-refractivity contribution in [3.63, 3.8) is 0 Å². The Morgan fingerprint density at radius 2 is 1.97 bits per heavy atom. The van der Waals surface area contributed by atoms with E-state index in [9.17, 15) is 18.0 Å². The Morgan fingerprint density at radius 1 is 1.31 bits per heavy atom. The van der Waals surface area contributed by atoms with Crippen LogP contribution in [0.4, 0.5) is 13.2 Å². The van der Waals surface area contributed by atoms with Crippen molar-refractivity contribution in [3.05, 3.63) is 23.0 Å². The second-order valence-electron chi connectivity index (χ2n) is 7.58. The van der Waals surface area contributed by atoms with E-state index in [-0.39, 0.29) is 40.1 Å². The second-order valence-corrected chi connectivity index (χ2v) is 8.58. The predicted molar refractivity (Wildman–Crippen MR) is 105 cm³/mol. The van der Waals surface area contributed by atoms with Gasteiger partial charge in [-0.05, 0) is 44.7 Å². The van der Waals surface area contributed by atoms with E-state index >= 15 is 0 Å². The first-order valence-electron chi connectivity index (χ1n) is 9.66. The maximum absolute atomic E-state index is 14.8. The first kappa shape index (κ1) is 21.8. The number of amides is 1. The van der Waals surface area contributed by atoms with Crippen molar-refractivity contribution in [2.45, 2.75) is 70.6 Å². The molecule has 0 aliphatic heterocycles. The fourth-order valence-electron chi connectivity index (χ4n) is 3.39. The van der Waals surface area contributed by atoms with E-state index in [4.69, 9.17) is 9.47 Å². The third-order valence-corrected chi connectivity index (χ3v) is 6.02. The standard InChI is InChI=1S/C20H25F3N2O3S/c1-11(24-12(2)26)10-27-13-4-6-14(7-5-13)28-16-9-8-15-18(17(16)21)29-19(25-15)20(3,22)23/h8-9,11,13-14H,4-7,10H2,1-3H3,(H,24,26)/t11-,13-,14-/m0/s1. The van der Waals surface area contributed by atoms with E-state index in [0.29, 0.717) is 30.8 Å².